The Morgan fingerprint density at radius 3 is 2.76 bits per heavy atom. The Bertz CT molecular complexity index is 510. The van der Waals surface area contributed by atoms with Crippen molar-refractivity contribution < 1.29 is 5.11 Å². The highest BCUT2D eigenvalue weighted by atomic mass is 35.5. The van der Waals surface area contributed by atoms with Crippen LogP contribution < -0.4 is 5.32 Å². The van der Waals surface area contributed by atoms with Gasteiger partial charge in [-0.15, -0.1) is 11.3 Å². The average molecular weight is 268 g/mol. The highest BCUT2D eigenvalue weighted by Crippen LogP contribution is 2.23. The number of hydrogen-bond donors (Lipinski definition) is 2. The van der Waals surface area contributed by atoms with Gasteiger partial charge in [0, 0.05) is 18.0 Å². The van der Waals surface area contributed by atoms with Crippen molar-refractivity contribution in [3.05, 3.63) is 50.7 Å². The Kier molecular flexibility index (Phi) is 4.05. The monoisotopic (exact) mass is 267 g/mol. The lowest BCUT2D eigenvalue weighted by molar-refractivity contribution is 0.475. The molecule has 0 aliphatic heterocycles. The summed E-state index contributed by atoms with van der Waals surface area (Å²) in [7, 11) is 0. The lowest BCUT2D eigenvalue weighted by Crippen LogP contribution is -2.12. The van der Waals surface area contributed by atoms with Gasteiger partial charge in [0.15, 0.2) is 0 Å². The van der Waals surface area contributed by atoms with Crippen LogP contribution in [0.3, 0.4) is 0 Å². The van der Waals surface area contributed by atoms with Crippen LogP contribution in [-0.4, -0.2) is 5.11 Å². The van der Waals surface area contributed by atoms with Crippen molar-refractivity contribution in [2.45, 2.75) is 20.0 Å². The third-order valence-corrected chi connectivity index (χ3v) is 3.92. The van der Waals surface area contributed by atoms with Crippen LogP contribution in [0.15, 0.2) is 29.6 Å². The van der Waals surface area contributed by atoms with Crippen molar-refractivity contribution in [3.8, 4) is 5.75 Å². The van der Waals surface area contributed by atoms with Gasteiger partial charge in [-0.05, 0) is 41.6 Å². The lowest BCUT2D eigenvalue weighted by Gasteiger charge is -2.05. The summed E-state index contributed by atoms with van der Waals surface area (Å²) in [5.74, 6) is 0.129. The van der Waals surface area contributed by atoms with Gasteiger partial charge < -0.3 is 10.4 Å². The van der Waals surface area contributed by atoms with Crippen LogP contribution in [0, 0.1) is 6.92 Å². The van der Waals surface area contributed by atoms with E-state index in [4.69, 9.17) is 11.6 Å². The van der Waals surface area contributed by atoms with Gasteiger partial charge >= 0.3 is 0 Å². The minimum absolute atomic E-state index is 0.129. The van der Waals surface area contributed by atoms with Crippen LogP contribution in [0.25, 0.3) is 0 Å². The first kappa shape index (κ1) is 12.4. The second-order valence-electron chi connectivity index (χ2n) is 3.92. The van der Waals surface area contributed by atoms with Gasteiger partial charge in [-0.2, -0.15) is 0 Å². The number of rotatable bonds is 4. The first-order valence-electron chi connectivity index (χ1n) is 5.38. The van der Waals surface area contributed by atoms with Gasteiger partial charge in [0.1, 0.15) is 5.75 Å². The summed E-state index contributed by atoms with van der Waals surface area (Å²) < 4.78 is 0. The molecule has 90 valence electrons. The fraction of sp³-hybridized carbons (Fsp3) is 0.231. The quantitative estimate of drug-likeness (QED) is 0.885. The van der Waals surface area contributed by atoms with Gasteiger partial charge in [0.05, 0.1) is 5.02 Å². The second-order valence-corrected chi connectivity index (χ2v) is 5.32. The molecule has 0 unspecified atom stereocenters. The van der Waals surface area contributed by atoms with Crippen LogP contribution in [-0.2, 0) is 13.1 Å². The topological polar surface area (TPSA) is 32.3 Å². The van der Waals surface area contributed by atoms with Crippen molar-refractivity contribution in [2.75, 3.05) is 0 Å². The Morgan fingerprint density at radius 2 is 2.12 bits per heavy atom. The van der Waals surface area contributed by atoms with Crippen molar-refractivity contribution >= 4 is 22.9 Å². The smallest absolute Gasteiger partial charge is 0.134 e. The number of thiophene rings is 1. The van der Waals surface area contributed by atoms with Crippen LogP contribution >= 0.6 is 22.9 Å². The van der Waals surface area contributed by atoms with Crippen molar-refractivity contribution in [1.29, 1.82) is 0 Å². The first-order valence-corrected chi connectivity index (χ1v) is 6.63. The Balaban J connectivity index is 1.90. The summed E-state index contributed by atoms with van der Waals surface area (Å²) in [4.78, 5) is 1.36. The molecule has 2 N–H and O–H groups in total. The van der Waals surface area contributed by atoms with E-state index in [-0.39, 0.29) is 5.75 Å². The van der Waals surface area contributed by atoms with Crippen molar-refractivity contribution in [3.63, 3.8) is 0 Å². The van der Waals surface area contributed by atoms with E-state index in [2.05, 4.69) is 23.7 Å². The largest absolute Gasteiger partial charge is 0.506 e. The molecule has 0 radical (unpaired) electrons. The minimum atomic E-state index is 0.129. The molecule has 1 heterocycles. The number of phenols is 1. The molecule has 1 aromatic heterocycles. The predicted octanol–water partition coefficient (Wildman–Crippen LogP) is 3.71. The second kappa shape index (κ2) is 5.54. The fourth-order valence-corrected chi connectivity index (χ4v) is 2.64. The van der Waals surface area contributed by atoms with Gasteiger partial charge in [-0.1, -0.05) is 17.7 Å². The Labute approximate surface area is 110 Å². The summed E-state index contributed by atoms with van der Waals surface area (Å²) in [6, 6.07) is 7.40. The molecule has 0 spiro atoms. The van der Waals surface area contributed by atoms with Crippen LogP contribution in [0.1, 0.15) is 16.0 Å². The van der Waals surface area contributed by atoms with E-state index in [9.17, 15) is 5.11 Å². The molecular weight excluding hydrogens is 254 g/mol. The van der Waals surface area contributed by atoms with Gasteiger partial charge in [-0.3, -0.25) is 0 Å². The molecule has 2 nitrogen and oxygen atoms in total. The number of aryl methyl sites for hydroxylation is 1. The van der Waals surface area contributed by atoms with E-state index >= 15 is 0 Å². The molecule has 0 aliphatic carbocycles. The summed E-state index contributed by atoms with van der Waals surface area (Å²) in [5, 5.41) is 15.2. The molecule has 2 rings (SSSR count). The highest BCUT2D eigenvalue weighted by Gasteiger charge is 2.01. The molecule has 0 bridgehead atoms. The zero-order valence-corrected chi connectivity index (χ0v) is 11.1. The number of aromatic hydroxyl groups is 1. The maximum absolute atomic E-state index is 9.31. The van der Waals surface area contributed by atoms with Crippen LogP contribution in [0.2, 0.25) is 5.02 Å². The third-order valence-electron chi connectivity index (χ3n) is 2.59. The third kappa shape index (κ3) is 3.22. The molecule has 1 aromatic carbocycles. The summed E-state index contributed by atoms with van der Waals surface area (Å²) in [5.41, 5.74) is 2.40. The normalized spacial score (nSPS) is 10.7. The predicted molar refractivity (Wildman–Crippen MR) is 72.7 cm³/mol. The number of benzene rings is 1. The first-order chi connectivity index (χ1) is 8.16. The minimum Gasteiger partial charge on any atom is -0.506 e. The molecule has 0 amide bonds. The van der Waals surface area contributed by atoms with E-state index in [1.165, 1.54) is 10.4 Å². The molecule has 0 fully saturated rings. The summed E-state index contributed by atoms with van der Waals surface area (Å²) in [6.07, 6.45) is 0. The number of phenolic OH excluding ortho intramolecular Hbond substituents is 1. The molecular formula is C13H14ClNOS. The number of halogens is 1. The van der Waals surface area contributed by atoms with Crippen LogP contribution in [0.5, 0.6) is 5.75 Å². The van der Waals surface area contributed by atoms with E-state index in [1.54, 1.807) is 23.5 Å². The zero-order chi connectivity index (χ0) is 12.3. The van der Waals surface area contributed by atoms with Crippen molar-refractivity contribution in [2.24, 2.45) is 0 Å². The standard InChI is InChI=1S/C13H14ClNOS/c1-9-4-5-17-13(9)8-15-7-10-2-3-12(16)11(14)6-10/h2-6,15-16H,7-8H2,1H3. The van der Waals surface area contributed by atoms with Gasteiger partial charge in [-0.25, -0.2) is 0 Å². The van der Waals surface area contributed by atoms with E-state index in [0.717, 1.165) is 18.7 Å². The lowest BCUT2D eigenvalue weighted by atomic mass is 10.2. The molecule has 0 saturated heterocycles. The van der Waals surface area contributed by atoms with Crippen LogP contribution in [0.4, 0.5) is 0 Å². The van der Waals surface area contributed by atoms with Gasteiger partial charge in [0.2, 0.25) is 0 Å². The summed E-state index contributed by atoms with van der Waals surface area (Å²) >= 11 is 7.60. The Morgan fingerprint density at radius 1 is 1.29 bits per heavy atom. The van der Waals surface area contributed by atoms with E-state index in [1.807, 2.05) is 6.07 Å². The average Bonchev–Trinajstić information content (AvgIpc) is 2.70. The zero-order valence-electron chi connectivity index (χ0n) is 9.53. The van der Waals surface area contributed by atoms with Crippen molar-refractivity contribution in [1.82, 2.24) is 5.32 Å². The SMILES string of the molecule is Cc1ccsc1CNCc1ccc(O)c(Cl)c1. The fourth-order valence-electron chi connectivity index (χ4n) is 1.57. The molecule has 0 saturated carbocycles. The van der Waals surface area contributed by atoms with Gasteiger partial charge in [0.25, 0.3) is 0 Å². The maximum atomic E-state index is 9.31. The Hall–Kier alpha value is -1.03. The highest BCUT2D eigenvalue weighted by molar-refractivity contribution is 7.10. The molecule has 4 heteroatoms. The number of nitrogens with one attached hydrogen (secondary N) is 1. The van der Waals surface area contributed by atoms with E-state index in [0.29, 0.717) is 5.02 Å². The van der Waals surface area contributed by atoms with E-state index < -0.39 is 0 Å². The molecule has 17 heavy (non-hydrogen) atoms. The molecule has 2 aromatic rings. The number of hydrogen-bond acceptors (Lipinski definition) is 3. The molecule has 0 atom stereocenters. The maximum Gasteiger partial charge on any atom is 0.134 e. The molecule has 0 aliphatic rings. The summed E-state index contributed by atoms with van der Waals surface area (Å²) in [6.45, 7) is 3.73.